The van der Waals surface area contributed by atoms with E-state index < -0.39 is 0 Å². The molecule has 86 valence electrons. The number of hydrogen-bond donors (Lipinski definition) is 2. The second kappa shape index (κ2) is 4.09. The average molecular weight is 221 g/mol. The van der Waals surface area contributed by atoms with E-state index in [4.69, 9.17) is 5.73 Å². The van der Waals surface area contributed by atoms with Crippen LogP contribution in [0.15, 0.2) is 17.1 Å². The van der Waals surface area contributed by atoms with Crippen LogP contribution in [0.1, 0.15) is 22.5 Å². The van der Waals surface area contributed by atoms with Gasteiger partial charge in [0.25, 0.3) is 5.91 Å². The first-order valence-electron chi connectivity index (χ1n) is 5.32. The lowest BCUT2D eigenvalue weighted by atomic mass is 10.2. The lowest BCUT2D eigenvalue weighted by Crippen LogP contribution is -2.34. The number of carbonyl (C=O) groups is 1. The molecule has 2 heterocycles. The van der Waals surface area contributed by atoms with E-state index >= 15 is 0 Å². The molecule has 0 radical (unpaired) electrons. The Morgan fingerprint density at radius 1 is 1.62 bits per heavy atom. The Morgan fingerprint density at radius 2 is 2.38 bits per heavy atom. The summed E-state index contributed by atoms with van der Waals surface area (Å²) in [6, 6.07) is 1.47. The number of likely N-dealkylation sites (tertiary alicyclic amines) is 1. The van der Waals surface area contributed by atoms with Gasteiger partial charge in [0, 0.05) is 37.1 Å². The normalized spacial score (nSPS) is 20.1. The van der Waals surface area contributed by atoms with Gasteiger partial charge in [0.15, 0.2) is 5.43 Å². The van der Waals surface area contributed by atoms with Crippen molar-refractivity contribution in [3.8, 4) is 0 Å². The molecular formula is C11H15N3O2. The highest BCUT2D eigenvalue weighted by atomic mass is 16.2. The maximum absolute atomic E-state index is 12.0. The molecule has 1 aromatic heterocycles. The standard InChI is InChI=1S/C11H15N3O2/c1-7-4-10(15)9(5-13-7)11(16)14-3-2-8(12)6-14/h4-5,8H,2-3,6,12H2,1H3,(H,13,15). The van der Waals surface area contributed by atoms with Crippen LogP contribution in [0.3, 0.4) is 0 Å². The number of aromatic nitrogens is 1. The van der Waals surface area contributed by atoms with Crippen molar-refractivity contribution in [1.82, 2.24) is 9.88 Å². The van der Waals surface area contributed by atoms with Gasteiger partial charge in [-0.2, -0.15) is 0 Å². The molecule has 1 unspecified atom stereocenters. The first-order valence-corrected chi connectivity index (χ1v) is 5.32. The number of nitrogens with one attached hydrogen (secondary N) is 1. The highest BCUT2D eigenvalue weighted by molar-refractivity contribution is 5.94. The van der Waals surface area contributed by atoms with Gasteiger partial charge in [0.05, 0.1) is 0 Å². The number of rotatable bonds is 1. The summed E-state index contributed by atoms with van der Waals surface area (Å²) in [4.78, 5) is 28.1. The van der Waals surface area contributed by atoms with E-state index in [0.717, 1.165) is 12.1 Å². The van der Waals surface area contributed by atoms with Gasteiger partial charge in [-0.05, 0) is 13.3 Å². The summed E-state index contributed by atoms with van der Waals surface area (Å²) in [6.45, 7) is 2.95. The largest absolute Gasteiger partial charge is 0.364 e. The molecule has 1 amide bonds. The van der Waals surface area contributed by atoms with Crippen LogP contribution >= 0.6 is 0 Å². The van der Waals surface area contributed by atoms with Crippen LogP contribution in [-0.4, -0.2) is 34.9 Å². The minimum Gasteiger partial charge on any atom is -0.364 e. The Balaban J connectivity index is 2.24. The van der Waals surface area contributed by atoms with Crippen molar-refractivity contribution >= 4 is 5.91 Å². The molecule has 16 heavy (non-hydrogen) atoms. The molecule has 0 aromatic carbocycles. The van der Waals surface area contributed by atoms with E-state index in [9.17, 15) is 9.59 Å². The number of aromatic amines is 1. The summed E-state index contributed by atoms with van der Waals surface area (Å²) in [7, 11) is 0. The van der Waals surface area contributed by atoms with Crippen LogP contribution in [0.4, 0.5) is 0 Å². The Morgan fingerprint density at radius 3 is 2.94 bits per heavy atom. The molecule has 1 saturated heterocycles. The van der Waals surface area contributed by atoms with Crippen molar-refractivity contribution in [3.05, 3.63) is 33.7 Å². The van der Waals surface area contributed by atoms with E-state index in [0.29, 0.717) is 13.1 Å². The maximum Gasteiger partial charge on any atom is 0.259 e. The monoisotopic (exact) mass is 221 g/mol. The SMILES string of the molecule is Cc1cc(=O)c(C(=O)N2CCC(N)C2)c[nH]1. The summed E-state index contributed by atoms with van der Waals surface area (Å²) >= 11 is 0. The van der Waals surface area contributed by atoms with Gasteiger partial charge in [-0.1, -0.05) is 0 Å². The van der Waals surface area contributed by atoms with Gasteiger partial charge in [-0.25, -0.2) is 0 Å². The van der Waals surface area contributed by atoms with Crippen molar-refractivity contribution in [2.75, 3.05) is 13.1 Å². The summed E-state index contributed by atoms with van der Waals surface area (Å²) in [6.07, 6.45) is 2.28. The third-order valence-electron chi connectivity index (χ3n) is 2.80. The highest BCUT2D eigenvalue weighted by Gasteiger charge is 2.25. The van der Waals surface area contributed by atoms with E-state index in [-0.39, 0.29) is 22.9 Å². The van der Waals surface area contributed by atoms with Crippen LogP contribution in [0.25, 0.3) is 0 Å². The van der Waals surface area contributed by atoms with Crippen LogP contribution < -0.4 is 11.2 Å². The van der Waals surface area contributed by atoms with Crippen molar-refractivity contribution in [2.45, 2.75) is 19.4 Å². The molecule has 0 bridgehead atoms. The Kier molecular flexibility index (Phi) is 2.78. The third kappa shape index (κ3) is 1.99. The fourth-order valence-electron chi connectivity index (χ4n) is 1.88. The summed E-state index contributed by atoms with van der Waals surface area (Å²) in [5.74, 6) is -0.228. The molecule has 0 spiro atoms. The average Bonchev–Trinajstić information content (AvgIpc) is 2.64. The van der Waals surface area contributed by atoms with Crippen LogP contribution in [0.2, 0.25) is 0 Å². The molecule has 3 N–H and O–H groups in total. The number of aryl methyl sites for hydroxylation is 1. The predicted octanol–water partition coefficient (Wildman–Crippen LogP) is -0.143. The minimum absolute atomic E-state index is 0.0356. The Hall–Kier alpha value is -1.62. The summed E-state index contributed by atoms with van der Waals surface area (Å²) < 4.78 is 0. The van der Waals surface area contributed by atoms with Crippen molar-refractivity contribution in [1.29, 1.82) is 0 Å². The number of amides is 1. The molecule has 0 aliphatic carbocycles. The fourth-order valence-corrected chi connectivity index (χ4v) is 1.88. The predicted molar refractivity (Wildman–Crippen MR) is 60.3 cm³/mol. The van der Waals surface area contributed by atoms with E-state index in [1.807, 2.05) is 0 Å². The van der Waals surface area contributed by atoms with Gasteiger partial charge in [-0.15, -0.1) is 0 Å². The van der Waals surface area contributed by atoms with E-state index in [2.05, 4.69) is 4.98 Å². The number of pyridine rings is 1. The number of H-pyrrole nitrogens is 1. The zero-order valence-corrected chi connectivity index (χ0v) is 9.19. The van der Waals surface area contributed by atoms with E-state index in [1.165, 1.54) is 12.3 Å². The van der Waals surface area contributed by atoms with Crippen LogP contribution in [-0.2, 0) is 0 Å². The summed E-state index contributed by atoms with van der Waals surface area (Å²) in [5.41, 5.74) is 6.43. The lowest BCUT2D eigenvalue weighted by molar-refractivity contribution is 0.0789. The molecule has 5 heteroatoms. The maximum atomic E-state index is 12.0. The summed E-state index contributed by atoms with van der Waals surface area (Å²) in [5, 5.41) is 0. The fraction of sp³-hybridized carbons (Fsp3) is 0.455. The van der Waals surface area contributed by atoms with E-state index in [1.54, 1.807) is 11.8 Å². The van der Waals surface area contributed by atoms with Crippen molar-refractivity contribution < 1.29 is 4.79 Å². The molecule has 1 fully saturated rings. The first-order chi connectivity index (χ1) is 7.58. The zero-order valence-electron chi connectivity index (χ0n) is 9.19. The molecule has 2 rings (SSSR count). The van der Waals surface area contributed by atoms with Gasteiger partial charge in [-0.3, -0.25) is 9.59 Å². The molecule has 5 nitrogen and oxygen atoms in total. The third-order valence-corrected chi connectivity index (χ3v) is 2.80. The second-order valence-electron chi connectivity index (χ2n) is 4.19. The molecule has 1 aliphatic rings. The topological polar surface area (TPSA) is 79.2 Å². The molecule has 1 atom stereocenters. The Labute approximate surface area is 93.3 Å². The quantitative estimate of drug-likeness (QED) is 0.692. The van der Waals surface area contributed by atoms with Crippen LogP contribution in [0.5, 0.6) is 0 Å². The molecule has 0 saturated carbocycles. The van der Waals surface area contributed by atoms with Gasteiger partial charge >= 0.3 is 0 Å². The number of nitrogens with two attached hydrogens (primary N) is 1. The molecule has 1 aliphatic heterocycles. The first kappa shape index (κ1) is 10.9. The minimum atomic E-state index is -0.235. The number of carbonyl (C=O) groups excluding carboxylic acids is 1. The Bertz CT molecular complexity index is 467. The number of nitrogens with zero attached hydrogens (tertiary/aromatic N) is 1. The smallest absolute Gasteiger partial charge is 0.259 e. The van der Waals surface area contributed by atoms with Gasteiger partial charge in [0.1, 0.15) is 5.56 Å². The lowest BCUT2D eigenvalue weighted by Gasteiger charge is -2.15. The molecule has 1 aromatic rings. The zero-order chi connectivity index (χ0) is 11.7. The van der Waals surface area contributed by atoms with Crippen LogP contribution in [0, 0.1) is 6.92 Å². The van der Waals surface area contributed by atoms with Crippen molar-refractivity contribution in [2.24, 2.45) is 5.73 Å². The van der Waals surface area contributed by atoms with Gasteiger partial charge < -0.3 is 15.6 Å². The van der Waals surface area contributed by atoms with Crippen molar-refractivity contribution in [3.63, 3.8) is 0 Å². The second-order valence-corrected chi connectivity index (χ2v) is 4.19. The van der Waals surface area contributed by atoms with Gasteiger partial charge in [0.2, 0.25) is 0 Å². The number of hydrogen-bond acceptors (Lipinski definition) is 3. The molecular weight excluding hydrogens is 206 g/mol. The highest BCUT2D eigenvalue weighted by Crippen LogP contribution is 2.10.